The van der Waals surface area contributed by atoms with Crippen LogP contribution >= 0.6 is 11.6 Å². The third kappa shape index (κ3) is 4.62. The van der Waals surface area contributed by atoms with Crippen LogP contribution in [0.2, 0.25) is 5.02 Å². The van der Waals surface area contributed by atoms with Gasteiger partial charge in [0.1, 0.15) is 18.2 Å². The van der Waals surface area contributed by atoms with Gasteiger partial charge in [0.05, 0.1) is 23.6 Å². The molecule has 1 aromatic heterocycles. The van der Waals surface area contributed by atoms with Crippen LogP contribution in [-0.2, 0) is 11.3 Å². The third-order valence-corrected chi connectivity index (χ3v) is 5.40. The molecule has 0 aliphatic heterocycles. The lowest BCUT2D eigenvalue weighted by Gasteiger charge is -2.17. The standard InChI is InChI=1S/C23H26ClN3O2/c1-14(2)23(28)25-17(5)22-26-19-8-6-7-9-20(19)27(22)10-11-29-18-12-15(3)21(24)16(4)13-18/h6-9,12-13,17H,1,10-11H2,2-5H3,(H,25,28). The summed E-state index contributed by atoms with van der Waals surface area (Å²) in [6, 6.07) is 11.6. The molecule has 1 unspecified atom stereocenters. The normalized spacial score (nSPS) is 12.0. The lowest BCUT2D eigenvalue weighted by molar-refractivity contribution is -0.118. The summed E-state index contributed by atoms with van der Waals surface area (Å²) in [5, 5.41) is 3.71. The zero-order chi connectivity index (χ0) is 21.1. The summed E-state index contributed by atoms with van der Waals surface area (Å²) in [6.45, 7) is 12.3. The van der Waals surface area contributed by atoms with E-state index in [2.05, 4.69) is 16.5 Å². The number of amides is 1. The molecule has 5 nitrogen and oxygen atoms in total. The Hall–Kier alpha value is -2.79. The molecule has 0 saturated carbocycles. The Morgan fingerprint density at radius 1 is 1.28 bits per heavy atom. The van der Waals surface area contributed by atoms with Gasteiger partial charge in [-0.2, -0.15) is 0 Å². The highest BCUT2D eigenvalue weighted by molar-refractivity contribution is 6.32. The summed E-state index contributed by atoms with van der Waals surface area (Å²) in [6.07, 6.45) is 0. The first-order valence-corrected chi connectivity index (χ1v) is 9.96. The molecule has 0 radical (unpaired) electrons. The third-order valence-electron chi connectivity index (χ3n) is 4.80. The Morgan fingerprint density at radius 2 is 1.93 bits per heavy atom. The average Bonchev–Trinajstić information content (AvgIpc) is 3.05. The highest BCUT2D eigenvalue weighted by Gasteiger charge is 2.18. The van der Waals surface area contributed by atoms with Crippen LogP contribution in [0.3, 0.4) is 0 Å². The predicted molar refractivity (Wildman–Crippen MR) is 118 cm³/mol. The fourth-order valence-corrected chi connectivity index (χ4v) is 3.40. The summed E-state index contributed by atoms with van der Waals surface area (Å²) >= 11 is 6.24. The molecule has 0 aliphatic carbocycles. The second kappa shape index (κ2) is 8.70. The van der Waals surface area contributed by atoms with E-state index in [9.17, 15) is 4.79 Å². The minimum absolute atomic E-state index is 0.181. The van der Waals surface area contributed by atoms with Crippen molar-refractivity contribution in [3.8, 4) is 5.75 Å². The molecule has 0 fully saturated rings. The van der Waals surface area contributed by atoms with Gasteiger partial charge in [-0.3, -0.25) is 4.79 Å². The minimum atomic E-state index is -0.258. The number of rotatable bonds is 7. The first kappa shape index (κ1) is 20.9. The van der Waals surface area contributed by atoms with Crippen molar-refractivity contribution in [1.82, 2.24) is 14.9 Å². The molecule has 0 aliphatic rings. The van der Waals surface area contributed by atoms with Crippen LogP contribution in [0.25, 0.3) is 11.0 Å². The van der Waals surface area contributed by atoms with Gasteiger partial charge in [-0.15, -0.1) is 0 Å². The highest BCUT2D eigenvalue weighted by atomic mass is 35.5. The summed E-state index contributed by atoms with van der Waals surface area (Å²) in [5.41, 5.74) is 4.34. The average molecular weight is 412 g/mol. The number of halogens is 1. The Bertz CT molecular complexity index is 1050. The number of aromatic nitrogens is 2. The monoisotopic (exact) mass is 411 g/mol. The van der Waals surface area contributed by atoms with Crippen LogP contribution in [0, 0.1) is 13.8 Å². The first-order valence-electron chi connectivity index (χ1n) is 9.59. The van der Waals surface area contributed by atoms with E-state index in [0.717, 1.165) is 38.8 Å². The van der Waals surface area contributed by atoms with Gasteiger partial charge in [0.25, 0.3) is 0 Å². The number of hydrogen-bond acceptors (Lipinski definition) is 3. The number of imidazole rings is 1. The molecule has 3 rings (SSSR count). The summed E-state index contributed by atoms with van der Waals surface area (Å²) in [4.78, 5) is 16.8. The quantitative estimate of drug-likeness (QED) is 0.547. The van der Waals surface area contributed by atoms with E-state index >= 15 is 0 Å². The van der Waals surface area contributed by atoms with Crippen LogP contribution in [0.5, 0.6) is 5.75 Å². The number of ether oxygens (including phenoxy) is 1. The second-order valence-corrected chi connectivity index (χ2v) is 7.68. The zero-order valence-corrected chi connectivity index (χ0v) is 18.0. The van der Waals surface area contributed by atoms with E-state index in [4.69, 9.17) is 21.3 Å². The lowest BCUT2D eigenvalue weighted by Crippen LogP contribution is -2.29. The zero-order valence-electron chi connectivity index (χ0n) is 17.3. The molecule has 1 N–H and O–H groups in total. The molecular formula is C23H26ClN3O2. The van der Waals surface area contributed by atoms with Gasteiger partial charge in [0, 0.05) is 10.6 Å². The van der Waals surface area contributed by atoms with E-state index in [1.54, 1.807) is 6.92 Å². The summed E-state index contributed by atoms with van der Waals surface area (Å²) in [5.74, 6) is 1.39. The Kier molecular flexibility index (Phi) is 6.28. The maximum Gasteiger partial charge on any atom is 0.246 e. The maximum atomic E-state index is 12.1. The number of aryl methyl sites for hydroxylation is 2. The van der Waals surface area contributed by atoms with Gasteiger partial charge in [0.15, 0.2) is 0 Å². The van der Waals surface area contributed by atoms with E-state index in [1.165, 1.54) is 0 Å². The van der Waals surface area contributed by atoms with Crippen LogP contribution in [0.4, 0.5) is 0 Å². The molecule has 6 heteroatoms. The van der Waals surface area contributed by atoms with Crippen LogP contribution in [0.1, 0.15) is 36.8 Å². The summed E-state index contributed by atoms with van der Waals surface area (Å²) in [7, 11) is 0. The van der Waals surface area contributed by atoms with Gasteiger partial charge in [-0.25, -0.2) is 4.98 Å². The van der Waals surface area contributed by atoms with E-state index in [0.29, 0.717) is 18.7 Å². The number of para-hydroxylation sites is 2. The van der Waals surface area contributed by atoms with Crippen molar-refractivity contribution in [3.05, 3.63) is 70.5 Å². The highest BCUT2D eigenvalue weighted by Crippen LogP contribution is 2.26. The molecule has 0 spiro atoms. The number of nitrogens with zero attached hydrogens (tertiary/aromatic N) is 2. The van der Waals surface area contributed by atoms with Gasteiger partial charge in [-0.05, 0) is 63.1 Å². The van der Waals surface area contributed by atoms with Crippen LogP contribution in [0.15, 0.2) is 48.6 Å². The molecule has 1 atom stereocenters. The van der Waals surface area contributed by atoms with Gasteiger partial charge in [-0.1, -0.05) is 30.3 Å². The molecule has 0 saturated heterocycles. The molecule has 29 heavy (non-hydrogen) atoms. The van der Waals surface area contributed by atoms with E-state index in [1.807, 2.05) is 57.2 Å². The van der Waals surface area contributed by atoms with E-state index in [-0.39, 0.29) is 11.9 Å². The molecule has 1 amide bonds. The fourth-order valence-electron chi connectivity index (χ4n) is 3.29. The molecule has 1 heterocycles. The van der Waals surface area contributed by atoms with Crippen molar-refractivity contribution in [1.29, 1.82) is 0 Å². The Balaban J connectivity index is 1.82. The van der Waals surface area contributed by atoms with Crippen molar-refractivity contribution >= 4 is 28.5 Å². The SMILES string of the molecule is C=C(C)C(=O)NC(C)c1nc2ccccc2n1CCOc1cc(C)c(Cl)c(C)c1. The van der Waals surface area contributed by atoms with Gasteiger partial charge in [0.2, 0.25) is 5.91 Å². The topological polar surface area (TPSA) is 56.2 Å². The molecule has 152 valence electrons. The van der Waals surface area contributed by atoms with Crippen molar-refractivity contribution < 1.29 is 9.53 Å². The maximum absolute atomic E-state index is 12.1. The fraction of sp³-hybridized carbons (Fsp3) is 0.304. The minimum Gasteiger partial charge on any atom is -0.492 e. The van der Waals surface area contributed by atoms with Crippen molar-refractivity contribution in [2.24, 2.45) is 0 Å². The molecule has 0 bridgehead atoms. The van der Waals surface area contributed by atoms with Crippen LogP contribution in [-0.4, -0.2) is 22.1 Å². The smallest absolute Gasteiger partial charge is 0.246 e. The lowest BCUT2D eigenvalue weighted by atomic mass is 10.1. The van der Waals surface area contributed by atoms with Crippen LogP contribution < -0.4 is 10.1 Å². The number of hydrogen-bond donors (Lipinski definition) is 1. The largest absolute Gasteiger partial charge is 0.492 e. The number of nitrogens with one attached hydrogen (secondary N) is 1. The van der Waals surface area contributed by atoms with Crippen molar-refractivity contribution in [2.75, 3.05) is 6.61 Å². The number of carbonyl (C=O) groups is 1. The number of benzene rings is 2. The molecule has 3 aromatic rings. The number of carbonyl (C=O) groups excluding carboxylic acids is 1. The Morgan fingerprint density at radius 3 is 2.59 bits per heavy atom. The van der Waals surface area contributed by atoms with Gasteiger partial charge < -0.3 is 14.6 Å². The van der Waals surface area contributed by atoms with Crippen molar-refractivity contribution in [3.63, 3.8) is 0 Å². The van der Waals surface area contributed by atoms with Crippen molar-refractivity contribution in [2.45, 2.75) is 40.3 Å². The molecular weight excluding hydrogens is 386 g/mol. The Labute approximate surface area is 176 Å². The summed E-state index contributed by atoms with van der Waals surface area (Å²) < 4.78 is 8.08. The molecule has 2 aromatic carbocycles. The first-order chi connectivity index (χ1) is 13.8. The predicted octanol–water partition coefficient (Wildman–Crippen LogP) is 5.14. The van der Waals surface area contributed by atoms with E-state index < -0.39 is 0 Å². The second-order valence-electron chi connectivity index (χ2n) is 7.31. The number of fused-ring (bicyclic) bond motifs is 1. The van der Waals surface area contributed by atoms with Gasteiger partial charge >= 0.3 is 0 Å².